The van der Waals surface area contributed by atoms with E-state index in [-0.39, 0.29) is 6.10 Å². The predicted octanol–water partition coefficient (Wildman–Crippen LogP) is 5.18. The van der Waals surface area contributed by atoms with Gasteiger partial charge in [0.15, 0.2) is 0 Å². The summed E-state index contributed by atoms with van der Waals surface area (Å²) in [5, 5.41) is 9.21. The molecule has 0 saturated carbocycles. The Kier molecular flexibility index (Phi) is 15.3. The van der Waals surface area contributed by atoms with E-state index in [1.54, 1.807) is 0 Å². The van der Waals surface area contributed by atoms with Crippen molar-refractivity contribution in [3.8, 4) is 0 Å². The van der Waals surface area contributed by atoms with Gasteiger partial charge in [0.2, 0.25) is 0 Å². The maximum atomic E-state index is 9.21. The van der Waals surface area contributed by atoms with Crippen molar-refractivity contribution in [2.24, 2.45) is 5.73 Å². The van der Waals surface area contributed by atoms with Crippen LogP contribution < -0.4 is 5.73 Å². The van der Waals surface area contributed by atoms with Gasteiger partial charge >= 0.3 is 0 Å². The second kappa shape index (κ2) is 15.3. The van der Waals surface area contributed by atoms with Gasteiger partial charge in [0.25, 0.3) is 0 Å². The SMILES string of the molecule is CCCCCCCCCCCCCC(N)CCC(C)O. The smallest absolute Gasteiger partial charge is 0.0512 e. The molecule has 0 fully saturated rings. The molecule has 122 valence electrons. The Hall–Kier alpha value is -0.0800. The number of hydrogen-bond donors (Lipinski definition) is 2. The second-order valence-electron chi connectivity index (χ2n) is 6.51. The number of rotatable bonds is 15. The summed E-state index contributed by atoms with van der Waals surface area (Å²) in [5.41, 5.74) is 6.03. The summed E-state index contributed by atoms with van der Waals surface area (Å²) < 4.78 is 0. The Morgan fingerprint density at radius 2 is 1.15 bits per heavy atom. The summed E-state index contributed by atoms with van der Waals surface area (Å²) in [6, 6.07) is 0.295. The van der Waals surface area contributed by atoms with Gasteiger partial charge in [0.1, 0.15) is 0 Å². The number of unbranched alkanes of at least 4 members (excludes halogenated alkanes) is 10. The summed E-state index contributed by atoms with van der Waals surface area (Å²) in [7, 11) is 0. The lowest BCUT2D eigenvalue weighted by atomic mass is 10.0. The van der Waals surface area contributed by atoms with E-state index in [1.807, 2.05) is 6.92 Å². The molecule has 2 atom stereocenters. The quantitative estimate of drug-likeness (QED) is 0.407. The fraction of sp³-hybridized carbons (Fsp3) is 1.00. The molecule has 0 aliphatic rings. The lowest BCUT2D eigenvalue weighted by Crippen LogP contribution is -2.21. The van der Waals surface area contributed by atoms with Crippen LogP contribution in [0.2, 0.25) is 0 Å². The topological polar surface area (TPSA) is 46.2 Å². The van der Waals surface area contributed by atoms with Crippen LogP contribution in [-0.2, 0) is 0 Å². The van der Waals surface area contributed by atoms with E-state index in [9.17, 15) is 5.11 Å². The first-order valence-corrected chi connectivity index (χ1v) is 9.10. The summed E-state index contributed by atoms with van der Waals surface area (Å²) in [6.45, 7) is 4.12. The molecule has 0 saturated heterocycles. The molecule has 3 N–H and O–H groups in total. The minimum Gasteiger partial charge on any atom is -0.393 e. The van der Waals surface area contributed by atoms with E-state index in [4.69, 9.17) is 5.73 Å². The van der Waals surface area contributed by atoms with E-state index in [0.29, 0.717) is 6.04 Å². The van der Waals surface area contributed by atoms with Crippen LogP contribution in [0.4, 0.5) is 0 Å². The molecule has 0 radical (unpaired) electrons. The zero-order valence-corrected chi connectivity index (χ0v) is 14.1. The first-order chi connectivity index (χ1) is 9.66. The first-order valence-electron chi connectivity index (χ1n) is 9.10. The highest BCUT2D eigenvalue weighted by molar-refractivity contribution is 4.63. The highest BCUT2D eigenvalue weighted by atomic mass is 16.3. The van der Waals surface area contributed by atoms with Crippen molar-refractivity contribution in [3.63, 3.8) is 0 Å². The van der Waals surface area contributed by atoms with Crippen molar-refractivity contribution in [3.05, 3.63) is 0 Å². The van der Waals surface area contributed by atoms with Crippen molar-refractivity contribution in [2.45, 2.75) is 116 Å². The molecule has 20 heavy (non-hydrogen) atoms. The average molecular weight is 286 g/mol. The van der Waals surface area contributed by atoms with E-state index in [0.717, 1.165) is 19.3 Å². The van der Waals surface area contributed by atoms with Gasteiger partial charge in [-0.15, -0.1) is 0 Å². The van der Waals surface area contributed by atoms with Crippen molar-refractivity contribution in [1.29, 1.82) is 0 Å². The molecule has 0 aromatic carbocycles. The van der Waals surface area contributed by atoms with Crippen LogP contribution in [-0.4, -0.2) is 17.3 Å². The van der Waals surface area contributed by atoms with Crippen molar-refractivity contribution < 1.29 is 5.11 Å². The molecule has 0 bridgehead atoms. The Morgan fingerprint density at radius 1 is 0.700 bits per heavy atom. The molecule has 2 heteroatoms. The maximum Gasteiger partial charge on any atom is 0.0512 e. The minimum absolute atomic E-state index is 0.196. The van der Waals surface area contributed by atoms with Crippen LogP contribution in [0.15, 0.2) is 0 Å². The largest absolute Gasteiger partial charge is 0.393 e. The van der Waals surface area contributed by atoms with Crippen LogP contribution in [0.3, 0.4) is 0 Å². The molecule has 0 aliphatic heterocycles. The lowest BCUT2D eigenvalue weighted by Gasteiger charge is -2.12. The monoisotopic (exact) mass is 285 g/mol. The summed E-state index contributed by atoms with van der Waals surface area (Å²) in [6.07, 6.45) is 18.0. The standard InChI is InChI=1S/C18H39NO/c1-3-4-5-6-7-8-9-10-11-12-13-14-18(19)16-15-17(2)20/h17-18,20H,3-16,19H2,1-2H3. The van der Waals surface area contributed by atoms with Crippen molar-refractivity contribution >= 4 is 0 Å². The third-order valence-corrected chi connectivity index (χ3v) is 4.13. The van der Waals surface area contributed by atoms with Gasteiger partial charge in [0.05, 0.1) is 6.10 Å². The Labute approximate surface area is 127 Å². The molecule has 2 nitrogen and oxygen atoms in total. The molecule has 0 aromatic rings. The van der Waals surface area contributed by atoms with E-state index >= 15 is 0 Å². The molecular formula is C18H39NO. The summed E-state index contributed by atoms with van der Waals surface area (Å²) in [5.74, 6) is 0. The number of hydrogen-bond acceptors (Lipinski definition) is 2. The Balaban J connectivity index is 3.09. The summed E-state index contributed by atoms with van der Waals surface area (Å²) >= 11 is 0. The zero-order valence-electron chi connectivity index (χ0n) is 14.1. The predicted molar refractivity (Wildman–Crippen MR) is 90.0 cm³/mol. The molecule has 0 aromatic heterocycles. The molecule has 0 rings (SSSR count). The normalized spacial score (nSPS) is 14.4. The molecule has 0 amide bonds. The Bertz CT molecular complexity index is 182. The van der Waals surface area contributed by atoms with Crippen molar-refractivity contribution in [1.82, 2.24) is 0 Å². The van der Waals surface area contributed by atoms with Crippen LogP contribution in [0, 0.1) is 0 Å². The first kappa shape index (κ1) is 19.9. The zero-order chi connectivity index (χ0) is 15.1. The average Bonchev–Trinajstić information content (AvgIpc) is 2.42. The molecule has 0 aliphatic carbocycles. The highest BCUT2D eigenvalue weighted by Gasteiger charge is 2.04. The number of nitrogens with two attached hydrogens (primary N) is 1. The number of aliphatic hydroxyl groups excluding tert-OH is 1. The maximum absolute atomic E-state index is 9.21. The third-order valence-electron chi connectivity index (χ3n) is 4.13. The van der Waals surface area contributed by atoms with Gasteiger partial charge in [-0.25, -0.2) is 0 Å². The highest BCUT2D eigenvalue weighted by Crippen LogP contribution is 2.13. The minimum atomic E-state index is -0.196. The van der Waals surface area contributed by atoms with Crippen LogP contribution in [0.5, 0.6) is 0 Å². The molecule has 0 spiro atoms. The lowest BCUT2D eigenvalue weighted by molar-refractivity contribution is 0.177. The van der Waals surface area contributed by atoms with E-state index in [2.05, 4.69) is 6.92 Å². The fourth-order valence-corrected chi connectivity index (χ4v) is 2.67. The van der Waals surface area contributed by atoms with Crippen LogP contribution in [0.25, 0.3) is 0 Å². The van der Waals surface area contributed by atoms with Gasteiger partial charge in [-0.3, -0.25) is 0 Å². The third kappa shape index (κ3) is 16.0. The van der Waals surface area contributed by atoms with E-state index < -0.39 is 0 Å². The van der Waals surface area contributed by atoms with Gasteiger partial charge in [-0.05, 0) is 26.2 Å². The molecule has 2 unspecified atom stereocenters. The van der Waals surface area contributed by atoms with Gasteiger partial charge in [-0.1, -0.05) is 77.6 Å². The fourth-order valence-electron chi connectivity index (χ4n) is 2.67. The van der Waals surface area contributed by atoms with Gasteiger partial charge in [-0.2, -0.15) is 0 Å². The van der Waals surface area contributed by atoms with Gasteiger partial charge in [0, 0.05) is 6.04 Å². The van der Waals surface area contributed by atoms with Gasteiger partial charge < -0.3 is 10.8 Å². The molecular weight excluding hydrogens is 246 g/mol. The number of aliphatic hydroxyl groups is 1. The van der Waals surface area contributed by atoms with E-state index in [1.165, 1.54) is 70.6 Å². The Morgan fingerprint density at radius 3 is 1.60 bits per heavy atom. The second-order valence-corrected chi connectivity index (χ2v) is 6.51. The molecule has 0 heterocycles. The van der Waals surface area contributed by atoms with Crippen LogP contribution in [0.1, 0.15) is 104 Å². The summed E-state index contributed by atoms with van der Waals surface area (Å²) in [4.78, 5) is 0. The van der Waals surface area contributed by atoms with Crippen molar-refractivity contribution in [2.75, 3.05) is 0 Å². The van der Waals surface area contributed by atoms with Crippen LogP contribution >= 0.6 is 0 Å².